The largest absolute Gasteiger partial charge is 0.437 e. The zero-order valence-electron chi connectivity index (χ0n) is 16.6. The first-order chi connectivity index (χ1) is 16.1. The van der Waals surface area contributed by atoms with Crippen LogP contribution in [-0.2, 0) is 25.1 Å². The molecule has 35 heavy (non-hydrogen) atoms. The summed E-state index contributed by atoms with van der Waals surface area (Å²) in [7, 11) is 0. The third-order valence-corrected chi connectivity index (χ3v) is 4.33. The Morgan fingerprint density at radius 1 is 0.914 bits per heavy atom. The van der Waals surface area contributed by atoms with E-state index in [-0.39, 0.29) is 15.9 Å². The number of nitrogens with one attached hydrogen (secondary N) is 1. The molecule has 3 aromatic rings. The van der Waals surface area contributed by atoms with Crippen molar-refractivity contribution in [3.05, 3.63) is 64.1 Å². The summed E-state index contributed by atoms with van der Waals surface area (Å²) in [5.74, 6) is -1.56. The Bertz CT molecular complexity index is 1190. The minimum absolute atomic E-state index is 0.120. The van der Waals surface area contributed by atoms with E-state index < -0.39 is 65.1 Å². The average molecular weight is 534 g/mol. The van der Waals surface area contributed by atoms with Gasteiger partial charge in [0, 0.05) is 6.54 Å². The molecule has 0 unspecified atom stereocenters. The molecule has 1 N–H and O–H groups in total. The lowest BCUT2D eigenvalue weighted by atomic mass is 10.0. The molecule has 0 atom stereocenters. The second kappa shape index (κ2) is 9.24. The van der Waals surface area contributed by atoms with Crippen molar-refractivity contribution in [1.82, 2.24) is 25.3 Å². The third-order valence-electron chi connectivity index (χ3n) is 4.13. The monoisotopic (exact) mass is 533 g/mol. The van der Waals surface area contributed by atoms with E-state index in [2.05, 4.69) is 20.0 Å². The van der Waals surface area contributed by atoms with Gasteiger partial charge in [-0.3, -0.25) is 0 Å². The fourth-order valence-electron chi connectivity index (χ4n) is 2.70. The molecule has 17 heteroatoms. The van der Waals surface area contributed by atoms with Crippen LogP contribution < -0.4 is 10.1 Å². The van der Waals surface area contributed by atoms with Crippen molar-refractivity contribution >= 4 is 17.7 Å². The molecular weight excluding hydrogens is 525 g/mol. The highest BCUT2D eigenvalue weighted by Gasteiger charge is 2.41. The summed E-state index contributed by atoms with van der Waals surface area (Å²) in [5.41, 5.74) is -5.50. The predicted molar refractivity (Wildman–Crippen MR) is 98.5 cm³/mol. The van der Waals surface area contributed by atoms with Crippen LogP contribution in [0.15, 0.2) is 36.5 Å². The highest BCUT2D eigenvalue weighted by atomic mass is 35.5. The molecule has 0 bridgehead atoms. The van der Waals surface area contributed by atoms with E-state index in [1.165, 1.54) is 0 Å². The molecule has 0 saturated carbocycles. The average Bonchev–Trinajstić information content (AvgIpc) is 3.15. The van der Waals surface area contributed by atoms with Crippen molar-refractivity contribution in [3.63, 3.8) is 0 Å². The topological polar surface area (TPSA) is 81.9 Å². The molecule has 1 amide bonds. The van der Waals surface area contributed by atoms with Crippen molar-refractivity contribution in [3.8, 4) is 11.6 Å². The number of carbonyl (C=O) groups excluding carboxylic acids is 1. The lowest BCUT2D eigenvalue weighted by Crippen LogP contribution is -2.27. The number of benzene rings is 1. The Hall–Kier alpha value is -3.56. The number of hydrogen-bond donors (Lipinski definition) is 1. The fourth-order valence-corrected chi connectivity index (χ4v) is 2.80. The van der Waals surface area contributed by atoms with Crippen LogP contribution in [0.5, 0.6) is 5.75 Å². The molecule has 2 aromatic heterocycles. The number of ether oxygens (including phenoxy) is 1. The summed E-state index contributed by atoms with van der Waals surface area (Å²) in [6.45, 7) is -0.927. The molecule has 0 spiro atoms. The maximum absolute atomic E-state index is 13.6. The molecule has 0 fully saturated rings. The Labute approximate surface area is 193 Å². The standard InChI is InChI=1S/C18H9ClF9N5O2/c19-12-1-2-13(32-31-12)33-14(18(26,27)28)11(7-30-33)35-15(34)29-6-8-3-9(16(20,21)22)5-10(4-8)17(23,24)25/h1-5,7H,6H2,(H,29,34). The van der Waals surface area contributed by atoms with E-state index in [0.717, 1.165) is 12.1 Å². The van der Waals surface area contributed by atoms with Crippen molar-refractivity contribution < 1.29 is 49.0 Å². The van der Waals surface area contributed by atoms with Gasteiger partial charge in [0.15, 0.2) is 22.4 Å². The smallest absolute Gasteiger partial charge is 0.406 e. The first-order valence-electron chi connectivity index (χ1n) is 8.94. The van der Waals surface area contributed by atoms with Crippen LogP contribution >= 0.6 is 11.6 Å². The quantitative estimate of drug-likeness (QED) is 0.438. The number of halogens is 10. The number of alkyl halides is 9. The second-order valence-electron chi connectivity index (χ2n) is 6.64. The predicted octanol–water partition coefficient (Wildman–Crippen LogP) is 5.66. The molecule has 0 aliphatic heterocycles. The normalized spacial score (nSPS) is 12.5. The highest BCUT2D eigenvalue weighted by Crippen LogP contribution is 2.38. The molecule has 1 aromatic carbocycles. The Balaban J connectivity index is 1.83. The van der Waals surface area contributed by atoms with Gasteiger partial charge in [-0.15, -0.1) is 10.2 Å². The summed E-state index contributed by atoms with van der Waals surface area (Å²) in [6.07, 6.45) is -16.5. The van der Waals surface area contributed by atoms with E-state index in [1.54, 1.807) is 5.32 Å². The van der Waals surface area contributed by atoms with Crippen LogP contribution in [0.1, 0.15) is 22.4 Å². The molecule has 0 aliphatic carbocycles. The summed E-state index contributed by atoms with van der Waals surface area (Å²) < 4.78 is 123. The van der Waals surface area contributed by atoms with Crippen molar-refractivity contribution in [1.29, 1.82) is 0 Å². The summed E-state index contributed by atoms with van der Waals surface area (Å²) in [5, 5.41) is 11.9. The van der Waals surface area contributed by atoms with Gasteiger partial charge in [-0.05, 0) is 35.9 Å². The van der Waals surface area contributed by atoms with Crippen LogP contribution in [0, 0.1) is 0 Å². The van der Waals surface area contributed by atoms with Crippen LogP contribution in [0.2, 0.25) is 5.15 Å². The number of rotatable bonds is 4. The fraction of sp³-hybridized carbons (Fsp3) is 0.222. The number of nitrogens with zero attached hydrogens (tertiary/aromatic N) is 4. The van der Waals surface area contributed by atoms with Gasteiger partial charge in [-0.25, -0.2) is 9.48 Å². The number of aromatic nitrogens is 4. The SMILES string of the molecule is O=C(NCc1cc(C(F)(F)F)cc(C(F)(F)F)c1)Oc1cnn(-c2ccc(Cl)nn2)c1C(F)(F)F. The van der Waals surface area contributed by atoms with E-state index in [4.69, 9.17) is 11.6 Å². The van der Waals surface area contributed by atoms with Gasteiger partial charge in [0.1, 0.15) is 0 Å². The molecule has 0 aliphatic rings. The first-order valence-corrected chi connectivity index (χ1v) is 9.32. The molecule has 0 saturated heterocycles. The van der Waals surface area contributed by atoms with E-state index in [1.807, 2.05) is 0 Å². The summed E-state index contributed by atoms with van der Waals surface area (Å²) in [6, 6.07) is 2.71. The van der Waals surface area contributed by atoms with Crippen LogP contribution in [0.3, 0.4) is 0 Å². The highest BCUT2D eigenvalue weighted by molar-refractivity contribution is 6.29. The first kappa shape index (κ1) is 26.1. The molecule has 7 nitrogen and oxygen atoms in total. The van der Waals surface area contributed by atoms with Gasteiger partial charge in [-0.2, -0.15) is 44.6 Å². The van der Waals surface area contributed by atoms with Gasteiger partial charge >= 0.3 is 24.6 Å². The number of carbonyl (C=O) groups is 1. The van der Waals surface area contributed by atoms with E-state index >= 15 is 0 Å². The van der Waals surface area contributed by atoms with Gasteiger partial charge in [-0.1, -0.05) is 11.6 Å². The zero-order chi connectivity index (χ0) is 26.2. The molecule has 3 rings (SSSR count). The maximum Gasteiger partial charge on any atom is 0.437 e. The van der Waals surface area contributed by atoms with E-state index in [0.29, 0.717) is 18.3 Å². The lowest BCUT2D eigenvalue weighted by Gasteiger charge is -2.15. The maximum atomic E-state index is 13.6. The van der Waals surface area contributed by atoms with Crippen molar-refractivity contribution in [2.45, 2.75) is 25.1 Å². The Morgan fingerprint density at radius 2 is 1.51 bits per heavy atom. The van der Waals surface area contributed by atoms with Gasteiger partial charge in [0.25, 0.3) is 0 Å². The number of hydrogen-bond acceptors (Lipinski definition) is 5. The summed E-state index contributed by atoms with van der Waals surface area (Å²) >= 11 is 5.53. The van der Waals surface area contributed by atoms with Crippen LogP contribution in [-0.4, -0.2) is 26.1 Å². The molecule has 188 valence electrons. The summed E-state index contributed by atoms with van der Waals surface area (Å²) in [4.78, 5) is 12.0. The van der Waals surface area contributed by atoms with Crippen LogP contribution in [0.4, 0.5) is 44.3 Å². The Morgan fingerprint density at radius 3 is 2.00 bits per heavy atom. The molecular formula is C18H9ClF9N5O2. The van der Waals surface area contributed by atoms with Crippen molar-refractivity contribution in [2.24, 2.45) is 0 Å². The second-order valence-corrected chi connectivity index (χ2v) is 7.03. The zero-order valence-corrected chi connectivity index (χ0v) is 17.3. The molecule has 0 radical (unpaired) electrons. The Kier molecular flexibility index (Phi) is 6.88. The van der Waals surface area contributed by atoms with Gasteiger partial charge < -0.3 is 10.1 Å². The lowest BCUT2D eigenvalue weighted by molar-refractivity contribution is -0.144. The molecule has 2 heterocycles. The minimum atomic E-state index is -5.13. The number of amides is 1. The van der Waals surface area contributed by atoms with E-state index in [9.17, 15) is 44.3 Å². The van der Waals surface area contributed by atoms with Crippen molar-refractivity contribution in [2.75, 3.05) is 0 Å². The third kappa shape index (κ3) is 6.32. The van der Waals surface area contributed by atoms with Crippen LogP contribution in [0.25, 0.3) is 5.82 Å². The van der Waals surface area contributed by atoms with Gasteiger partial charge in [0.2, 0.25) is 0 Å². The van der Waals surface area contributed by atoms with Gasteiger partial charge in [0.05, 0.1) is 17.3 Å². The minimum Gasteiger partial charge on any atom is -0.406 e.